The fourth-order valence-electron chi connectivity index (χ4n) is 4.12. The van der Waals surface area contributed by atoms with Gasteiger partial charge < -0.3 is 19.5 Å². The first-order valence-electron chi connectivity index (χ1n) is 10.1. The number of ether oxygens (including phenoxy) is 3. The van der Waals surface area contributed by atoms with E-state index in [1.165, 1.54) is 5.56 Å². The molecule has 3 heterocycles. The number of nitrogens with zero attached hydrogens (tertiary/aromatic N) is 2. The number of nitrogens with one attached hydrogen (secondary N) is 1. The Balaban J connectivity index is 1.59. The highest BCUT2D eigenvalue weighted by Crippen LogP contribution is 2.36. The molecule has 7 heteroatoms. The lowest BCUT2D eigenvalue weighted by molar-refractivity contribution is 0.0182. The summed E-state index contributed by atoms with van der Waals surface area (Å²) in [6.07, 6.45) is 0.137. The lowest BCUT2D eigenvalue weighted by atomic mass is 9.97. The normalized spacial score (nSPS) is 22.4. The van der Waals surface area contributed by atoms with E-state index < -0.39 is 0 Å². The molecule has 0 saturated carbocycles. The van der Waals surface area contributed by atoms with E-state index in [1.807, 2.05) is 18.2 Å². The second-order valence-corrected chi connectivity index (χ2v) is 8.11. The van der Waals surface area contributed by atoms with Gasteiger partial charge in [0, 0.05) is 31.2 Å². The van der Waals surface area contributed by atoms with Gasteiger partial charge in [-0.2, -0.15) is 0 Å². The molecular formula is C22H28ClN3O3. The molecule has 29 heavy (non-hydrogen) atoms. The Labute approximate surface area is 177 Å². The van der Waals surface area contributed by atoms with E-state index in [9.17, 15) is 0 Å². The van der Waals surface area contributed by atoms with Gasteiger partial charge >= 0.3 is 0 Å². The molecule has 156 valence electrons. The Bertz CT molecular complexity index is 861. The van der Waals surface area contributed by atoms with Crippen LogP contribution < -0.4 is 14.8 Å². The number of benzene rings is 1. The van der Waals surface area contributed by atoms with E-state index in [0.29, 0.717) is 24.1 Å². The number of fused-ring (bicyclic) bond motifs is 1. The molecule has 0 unspecified atom stereocenters. The van der Waals surface area contributed by atoms with E-state index in [0.717, 1.165) is 36.6 Å². The van der Waals surface area contributed by atoms with Crippen molar-refractivity contribution < 1.29 is 14.2 Å². The summed E-state index contributed by atoms with van der Waals surface area (Å²) < 4.78 is 17.3. The number of pyridine rings is 1. The predicted octanol–water partition coefficient (Wildman–Crippen LogP) is 3.75. The summed E-state index contributed by atoms with van der Waals surface area (Å²) in [6, 6.07) is 10.6. The monoisotopic (exact) mass is 417 g/mol. The van der Waals surface area contributed by atoms with Gasteiger partial charge in [0.15, 0.2) is 10.9 Å². The first kappa shape index (κ1) is 20.4. The average molecular weight is 418 g/mol. The molecule has 0 bridgehead atoms. The van der Waals surface area contributed by atoms with E-state index in [1.54, 1.807) is 7.11 Å². The third-order valence-electron chi connectivity index (χ3n) is 5.45. The molecule has 2 aliphatic heterocycles. The molecule has 1 saturated heterocycles. The third-order valence-corrected chi connectivity index (χ3v) is 5.73. The number of hydrogen-bond acceptors (Lipinski definition) is 6. The van der Waals surface area contributed by atoms with E-state index in [-0.39, 0.29) is 18.2 Å². The lowest BCUT2D eigenvalue weighted by Gasteiger charge is -2.41. The summed E-state index contributed by atoms with van der Waals surface area (Å²) >= 11 is 6.23. The fourth-order valence-corrected chi connectivity index (χ4v) is 4.36. The topological polar surface area (TPSA) is 55.9 Å². The van der Waals surface area contributed by atoms with Crippen LogP contribution in [0.4, 0.5) is 0 Å². The minimum absolute atomic E-state index is 0.125. The summed E-state index contributed by atoms with van der Waals surface area (Å²) in [7, 11) is 1.62. The first-order chi connectivity index (χ1) is 14.1. The number of halogens is 1. The van der Waals surface area contributed by atoms with E-state index >= 15 is 0 Å². The highest BCUT2D eigenvalue weighted by molar-refractivity contribution is 6.30. The van der Waals surface area contributed by atoms with E-state index in [2.05, 4.69) is 41.2 Å². The Morgan fingerprint density at radius 2 is 2.07 bits per heavy atom. The minimum atomic E-state index is 0.125. The Hall–Kier alpha value is -1.86. The molecule has 0 aliphatic carbocycles. The molecule has 2 aromatic rings. The smallest absolute Gasteiger partial charge is 0.171 e. The number of para-hydroxylation sites is 1. The van der Waals surface area contributed by atoms with Crippen molar-refractivity contribution in [2.75, 3.05) is 33.4 Å². The number of rotatable bonds is 5. The maximum atomic E-state index is 6.23. The van der Waals surface area contributed by atoms with Crippen LogP contribution in [0.1, 0.15) is 42.8 Å². The fraction of sp³-hybridized carbons (Fsp3) is 0.500. The molecule has 6 nitrogen and oxygen atoms in total. The molecule has 1 aromatic heterocycles. The van der Waals surface area contributed by atoms with Crippen LogP contribution in [0.15, 0.2) is 30.3 Å². The molecule has 0 spiro atoms. The summed E-state index contributed by atoms with van der Waals surface area (Å²) in [5.41, 5.74) is 3.23. The van der Waals surface area contributed by atoms with Crippen molar-refractivity contribution >= 4 is 11.6 Å². The molecule has 0 amide bonds. The SMILES string of the molecule is COc1cc2c(nc1Cl)COC[C@H]2N1CCN[C@H](c2ccccc2OC(C)C)C1. The molecule has 2 aliphatic rings. The zero-order valence-corrected chi connectivity index (χ0v) is 17.9. The lowest BCUT2D eigenvalue weighted by Crippen LogP contribution is -2.49. The van der Waals surface area contributed by atoms with Crippen molar-refractivity contribution in [2.24, 2.45) is 0 Å². The molecule has 0 radical (unpaired) electrons. The zero-order chi connectivity index (χ0) is 20.4. The molecule has 4 rings (SSSR count). The van der Waals surface area contributed by atoms with Crippen molar-refractivity contribution in [2.45, 2.75) is 38.6 Å². The van der Waals surface area contributed by atoms with Crippen LogP contribution in [-0.4, -0.2) is 49.3 Å². The summed E-state index contributed by atoms with van der Waals surface area (Å²) in [5.74, 6) is 1.55. The van der Waals surface area contributed by atoms with Crippen LogP contribution in [0, 0.1) is 0 Å². The standard InChI is InChI=1S/C22H28ClN3O3/c1-14(2)29-20-7-5-4-6-15(20)17-11-26(9-8-24-17)19-13-28-12-18-16(19)10-21(27-3)22(23)25-18/h4-7,10,14,17,19,24H,8-9,11-13H2,1-3H3/t17-,19+/m0/s1. The first-order valence-corrected chi connectivity index (χ1v) is 10.5. The van der Waals surface area contributed by atoms with Crippen LogP contribution in [0.2, 0.25) is 5.15 Å². The van der Waals surface area contributed by atoms with E-state index in [4.69, 9.17) is 25.8 Å². The second kappa shape index (κ2) is 8.88. The van der Waals surface area contributed by atoms with Gasteiger partial charge in [-0.3, -0.25) is 4.90 Å². The van der Waals surface area contributed by atoms with Crippen molar-refractivity contribution in [3.05, 3.63) is 52.3 Å². The molecular weight excluding hydrogens is 390 g/mol. The molecule has 1 aromatic carbocycles. The highest BCUT2D eigenvalue weighted by Gasteiger charge is 2.33. The molecule has 1 fully saturated rings. The third kappa shape index (κ3) is 4.36. The van der Waals surface area contributed by atoms with Gasteiger partial charge in [0.25, 0.3) is 0 Å². The second-order valence-electron chi connectivity index (χ2n) is 7.75. The van der Waals surface area contributed by atoms with Crippen LogP contribution >= 0.6 is 11.6 Å². The van der Waals surface area contributed by atoms with Crippen molar-refractivity contribution in [1.29, 1.82) is 0 Å². The molecule has 1 N–H and O–H groups in total. The Morgan fingerprint density at radius 1 is 1.24 bits per heavy atom. The van der Waals surface area contributed by atoms with Gasteiger partial charge in [-0.25, -0.2) is 4.98 Å². The van der Waals surface area contributed by atoms with Crippen molar-refractivity contribution in [1.82, 2.24) is 15.2 Å². The summed E-state index contributed by atoms with van der Waals surface area (Å²) in [4.78, 5) is 6.97. The van der Waals surface area contributed by atoms with Gasteiger partial charge in [-0.15, -0.1) is 0 Å². The number of methoxy groups -OCH3 is 1. The molecule has 2 atom stereocenters. The van der Waals surface area contributed by atoms with Crippen LogP contribution in [0.25, 0.3) is 0 Å². The Morgan fingerprint density at radius 3 is 2.86 bits per heavy atom. The van der Waals surface area contributed by atoms with Gasteiger partial charge in [0.2, 0.25) is 0 Å². The van der Waals surface area contributed by atoms with Crippen LogP contribution in [-0.2, 0) is 11.3 Å². The Kier molecular flexibility index (Phi) is 6.25. The van der Waals surface area contributed by atoms with Gasteiger partial charge in [-0.05, 0) is 31.5 Å². The zero-order valence-electron chi connectivity index (χ0n) is 17.2. The van der Waals surface area contributed by atoms with Gasteiger partial charge in [0.05, 0.1) is 38.2 Å². The quantitative estimate of drug-likeness (QED) is 0.748. The van der Waals surface area contributed by atoms with Crippen LogP contribution in [0.5, 0.6) is 11.5 Å². The largest absolute Gasteiger partial charge is 0.494 e. The minimum Gasteiger partial charge on any atom is -0.494 e. The maximum absolute atomic E-state index is 6.23. The summed E-state index contributed by atoms with van der Waals surface area (Å²) in [5, 5.41) is 4.03. The average Bonchev–Trinajstić information content (AvgIpc) is 2.73. The maximum Gasteiger partial charge on any atom is 0.171 e. The number of aromatic nitrogens is 1. The highest BCUT2D eigenvalue weighted by atomic mass is 35.5. The number of piperazine rings is 1. The van der Waals surface area contributed by atoms with Crippen molar-refractivity contribution in [3.8, 4) is 11.5 Å². The predicted molar refractivity (Wildman–Crippen MR) is 113 cm³/mol. The van der Waals surface area contributed by atoms with Crippen LogP contribution in [0.3, 0.4) is 0 Å². The van der Waals surface area contributed by atoms with Crippen molar-refractivity contribution in [3.63, 3.8) is 0 Å². The number of hydrogen-bond donors (Lipinski definition) is 1. The summed E-state index contributed by atoms with van der Waals surface area (Å²) in [6.45, 7) is 7.91. The van der Waals surface area contributed by atoms with Gasteiger partial charge in [-0.1, -0.05) is 29.8 Å². The van der Waals surface area contributed by atoms with Gasteiger partial charge in [0.1, 0.15) is 5.75 Å².